The van der Waals surface area contributed by atoms with E-state index in [1.807, 2.05) is 6.07 Å². The van der Waals surface area contributed by atoms with Crippen LogP contribution in [0.4, 0.5) is 0 Å². The molecule has 0 radical (unpaired) electrons. The van der Waals surface area contributed by atoms with Gasteiger partial charge in [0, 0.05) is 11.2 Å². The number of amides is 1. The van der Waals surface area contributed by atoms with E-state index in [2.05, 4.69) is 10.4 Å². The molecule has 7 heteroatoms. The summed E-state index contributed by atoms with van der Waals surface area (Å²) >= 11 is 5.96. The van der Waals surface area contributed by atoms with E-state index in [4.69, 9.17) is 11.6 Å². The molecule has 0 unspecified atom stereocenters. The molecule has 6 nitrogen and oxygen atoms in total. The van der Waals surface area contributed by atoms with Crippen LogP contribution in [0, 0.1) is 0 Å². The molecule has 1 aromatic carbocycles. The van der Waals surface area contributed by atoms with Crippen LogP contribution >= 0.6 is 11.6 Å². The van der Waals surface area contributed by atoms with E-state index in [-0.39, 0.29) is 5.69 Å². The zero-order valence-electron chi connectivity index (χ0n) is 13.0. The summed E-state index contributed by atoms with van der Waals surface area (Å²) in [4.78, 5) is 24.1. The number of nitrogens with zero attached hydrogens (tertiary/aromatic N) is 2. The van der Waals surface area contributed by atoms with Gasteiger partial charge in [-0.1, -0.05) is 36.9 Å². The smallest absolute Gasteiger partial charge is 0.329 e. The molecule has 1 aromatic heterocycles. The van der Waals surface area contributed by atoms with E-state index >= 15 is 0 Å². The van der Waals surface area contributed by atoms with Crippen molar-refractivity contribution >= 4 is 23.5 Å². The first-order chi connectivity index (χ1) is 11.5. The minimum absolute atomic E-state index is 0.182. The fourth-order valence-electron chi connectivity index (χ4n) is 3.04. The number of rotatable bonds is 4. The molecular weight excluding hydrogens is 330 g/mol. The van der Waals surface area contributed by atoms with Crippen molar-refractivity contribution in [1.82, 2.24) is 15.1 Å². The van der Waals surface area contributed by atoms with Crippen molar-refractivity contribution in [3.63, 3.8) is 0 Å². The standard InChI is InChI=1S/C17H18ClN3O3/c18-12-5-4-6-13(11-12)21-10-7-14(20-21)15(22)19-17(16(23)24)8-2-1-3-9-17/h4-7,10-11H,1-3,8-9H2,(H,19,22)(H,23,24). The maximum absolute atomic E-state index is 12.5. The summed E-state index contributed by atoms with van der Waals surface area (Å²) in [5, 5.41) is 17.0. The number of hydrogen-bond acceptors (Lipinski definition) is 3. The topological polar surface area (TPSA) is 84.2 Å². The number of nitrogens with one attached hydrogen (secondary N) is 1. The first-order valence-corrected chi connectivity index (χ1v) is 8.25. The lowest BCUT2D eigenvalue weighted by Crippen LogP contribution is -2.55. The van der Waals surface area contributed by atoms with Crippen molar-refractivity contribution in [1.29, 1.82) is 0 Å². The molecule has 2 N–H and O–H groups in total. The van der Waals surface area contributed by atoms with Crippen molar-refractivity contribution in [3.05, 3.63) is 47.2 Å². The van der Waals surface area contributed by atoms with Gasteiger partial charge >= 0.3 is 5.97 Å². The summed E-state index contributed by atoms with van der Waals surface area (Å²) < 4.78 is 1.54. The van der Waals surface area contributed by atoms with E-state index < -0.39 is 17.4 Å². The lowest BCUT2D eigenvalue weighted by molar-refractivity contribution is -0.145. The average molecular weight is 348 g/mol. The fourth-order valence-corrected chi connectivity index (χ4v) is 3.22. The summed E-state index contributed by atoms with van der Waals surface area (Å²) in [6, 6.07) is 8.66. The third kappa shape index (κ3) is 3.28. The van der Waals surface area contributed by atoms with Gasteiger partial charge < -0.3 is 10.4 Å². The minimum Gasteiger partial charge on any atom is -0.480 e. The Morgan fingerprint density at radius 2 is 1.96 bits per heavy atom. The van der Waals surface area contributed by atoms with Gasteiger partial charge in [0.25, 0.3) is 5.91 Å². The number of halogens is 1. The minimum atomic E-state index is -1.19. The Labute approximate surface area is 144 Å². The van der Waals surface area contributed by atoms with Crippen LogP contribution in [-0.2, 0) is 4.79 Å². The summed E-state index contributed by atoms with van der Waals surface area (Å²) in [6.45, 7) is 0. The predicted octanol–water partition coefficient (Wildman–Crippen LogP) is 3.04. The predicted molar refractivity (Wildman–Crippen MR) is 89.5 cm³/mol. The molecule has 126 valence electrons. The van der Waals surface area contributed by atoms with Gasteiger partial charge in [-0.15, -0.1) is 0 Å². The second-order valence-corrected chi connectivity index (χ2v) is 6.46. The number of carbonyl (C=O) groups excluding carboxylic acids is 1. The number of aliphatic carboxylic acids is 1. The summed E-state index contributed by atoms with van der Waals surface area (Å²) in [7, 11) is 0. The molecule has 24 heavy (non-hydrogen) atoms. The summed E-state index contributed by atoms with van der Waals surface area (Å²) in [6.07, 6.45) is 5.13. The second-order valence-electron chi connectivity index (χ2n) is 6.03. The SMILES string of the molecule is O=C(NC1(C(=O)O)CCCCC1)c1ccn(-c2cccc(Cl)c2)n1. The molecule has 2 aromatic rings. The van der Waals surface area contributed by atoms with E-state index in [1.165, 1.54) is 4.68 Å². The van der Waals surface area contributed by atoms with E-state index in [1.54, 1.807) is 30.5 Å². The van der Waals surface area contributed by atoms with Gasteiger partial charge in [-0.05, 0) is 37.1 Å². The Hall–Kier alpha value is -2.34. The number of aromatic nitrogens is 2. The van der Waals surface area contributed by atoms with Gasteiger partial charge in [-0.2, -0.15) is 5.10 Å². The molecule has 1 amide bonds. The Balaban J connectivity index is 1.79. The highest BCUT2D eigenvalue weighted by Crippen LogP contribution is 2.28. The normalized spacial score (nSPS) is 16.5. The molecule has 1 aliphatic carbocycles. The van der Waals surface area contributed by atoms with Gasteiger partial charge in [0.15, 0.2) is 5.69 Å². The number of carboxylic acids is 1. The Kier molecular flexibility index (Phi) is 4.57. The second kappa shape index (κ2) is 6.65. The van der Waals surface area contributed by atoms with Crippen molar-refractivity contribution in [2.75, 3.05) is 0 Å². The zero-order valence-corrected chi connectivity index (χ0v) is 13.8. The molecule has 0 aliphatic heterocycles. The number of benzene rings is 1. The van der Waals surface area contributed by atoms with Crippen molar-refractivity contribution < 1.29 is 14.7 Å². The highest BCUT2D eigenvalue weighted by atomic mass is 35.5. The molecule has 0 spiro atoms. The summed E-state index contributed by atoms with van der Waals surface area (Å²) in [5.74, 6) is -1.45. The molecule has 1 fully saturated rings. The lowest BCUT2D eigenvalue weighted by Gasteiger charge is -2.33. The van der Waals surface area contributed by atoms with E-state index in [9.17, 15) is 14.7 Å². The maximum Gasteiger partial charge on any atom is 0.329 e. The third-order valence-electron chi connectivity index (χ3n) is 4.36. The highest BCUT2D eigenvalue weighted by molar-refractivity contribution is 6.30. The Bertz CT molecular complexity index is 766. The molecular formula is C17H18ClN3O3. The quantitative estimate of drug-likeness (QED) is 0.890. The van der Waals surface area contributed by atoms with Crippen LogP contribution in [0.5, 0.6) is 0 Å². The highest BCUT2D eigenvalue weighted by Gasteiger charge is 2.41. The number of hydrogen-bond donors (Lipinski definition) is 2. The van der Waals surface area contributed by atoms with Crippen LogP contribution < -0.4 is 5.32 Å². The maximum atomic E-state index is 12.5. The average Bonchev–Trinajstić information content (AvgIpc) is 3.06. The van der Waals surface area contributed by atoms with Crippen molar-refractivity contribution in [2.24, 2.45) is 0 Å². The monoisotopic (exact) mass is 347 g/mol. The summed E-state index contributed by atoms with van der Waals surface area (Å²) in [5.41, 5.74) is -0.275. The zero-order chi connectivity index (χ0) is 17.2. The van der Waals surface area contributed by atoms with Gasteiger partial charge in [0.1, 0.15) is 5.54 Å². The van der Waals surface area contributed by atoms with Crippen LogP contribution in [0.3, 0.4) is 0 Å². The van der Waals surface area contributed by atoms with Crippen molar-refractivity contribution in [2.45, 2.75) is 37.6 Å². The van der Waals surface area contributed by atoms with Crippen molar-refractivity contribution in [3.8, 4) is 5.69 Å². The molecule has 0 saturated heterocycles. The number of carboxylic acid groups (broad SMARTS) is 1. The first kappa shape index (κ1) is 16.5. The molecule has 0 atom stereocenters. The van der Waals surface area contributed by atoms with Gasteiger partial charge in [0.2, 0.25) is 0 Å². The fraction of sp³-hybridized carbons (Fsp3) is 0.353. The third-order valence-corrected chi connectivity index (χ3v) is 4.60. The van der Waals surface area contributed by atoms with Crippen LogP contribution in [0.2, 0.25) is 5.02 Å². The molecule has 1 aliphatic rings. The van der Waals surface area contributed by atoms with Gasteiger partial charge in [-0.25, -0.2) is 9.48 Å². The van der Waals surface area contributed by atoms with Gasteiger partial charge in [0.05, 0.1) is 5.69 Å². The molecule has 3 rings (SSSR count). The van der Waals surface area contributed by atoms with E-state index in [0.29, 0.717) is 17.9 Å². The van der Waals surface area contributed by atoms with Crippen LogP contribution in [0.15, 0.2) is 36.5 Å². The Morgan fingerprint density at radius 3 is 2.62 bits per heavy atom. The van der Waals surface area contributed by atoms with Crippen LogP contribution in [0.1, 0.15) is 42.6 Å². The largest absolute Gasteiger partial charge is 0.480 e. The molecule has 0 bridgehead atoms. The lowest BCUT2D eigenvalue weighted by atomic mass is 9.81. The van der Waals surface area contributed by atoms with Crippen LogP contribution in [0.25, 0.3) is 5.69 Å². The Morgan fingerprint density at radius 1 is 1.21 bits per heavy atom. The first-order valence-electron chi connectivity index (χ1n) is 7.88. The molecule has 1 heterocycles. The molecule has 1 saturated carbocycles. The van der Waals surface area contributed by atoms with E-state index in [0.717, 1.165) is 24.9 Å². The van der Waals surface area contributed by atoms with Gasteiger partial charge in [-0.3, -0.25) is 4.79 Å². The number of carbonyl (C=O) groups is 2. The van der Waals surface area contributed by atoms with Crippen LogP contribution in [-0.4, -0.2) is 32.3 Å².